The van der Waals surface area contributed by atoms with Crippen LogP contribution in [0.15, 0.2) is 83.9 Å². The number of H-pyrrole nitrogens is 1. The van der Waals surface area contributed by atoms with Crippen LogP contribution in [0.1, 0.15) is 17.0 Å². The van der Waals surface area contributed by atoms with Gasteiger partial charge in [-0.3, -0.25) is 4.99 Å². The van der Waals surface area contributed by atoms with E-state index in [0.29, 0.717) is 12.4 Å². The van der Waals surface area contributed by atoms with Crippen LogP contribution in [0.25, 0.3) is 21.9 Å². The van der Waals surface area contributed by atoms with E-state index in [1.807, 2.05) is 85.8 Å². The van der Waals surface area contributed by atoms with Gasteiger partial charge in [0.1, 0.15) is 11.6 Å². The van der Waals surface area contributed by atoms with Crippen LogP contribution in [-0.2, 0) is 6.54 Å². The van der Waals surface area contributed by atoms with Crippen molar-refractivity contribution in [3.05, 3.63) is 95.8 Å². The van der Waals surface area contributed by atoms with Crippen molar-refractivity contribution < 1.29 is 4.74 Å². The molecule has 0 spiro atoms. The molecule has 0 bridgehead atoms. The van der Waals surface area contributed by atoms with Gasteiger partial charge in [0.15, 0.2) is 0 Å². The van der Waals surface area contributed by atoms with Crippen molar-refractivity contribution in [2.45, 2.75) is 13.5 Å². The maximum Gasteiger partial charge on any atom is 0.228 e. The molecule has 0 atom stereocenters. The molecule has 0 aliphatic carbocycles. The second-order valence-corrected chi connectivity index (χ2v) is 7.16. The summed E-state index contributed by atoms with van der Waals surface area (Å²) in [6, 6.07) is 25.9. The van der Waals surface area contributed by atoms with Crippen LogP contribution >= 0.6 is 0 Å². The molecule has 30 heavy (non-hydrogen) atoms. The average Bonchev–Trinajstić information content (AvgIpc) is 3.18. The van der Waals surface area contributed by atoms with Gasteiger partial charge in [0.05, 0.1) is 28.7 Å². The first kappa shape index (κ1) is 18.1. The minimum Gasteiger partial charge on any atom is -0.438 e. The SMILES string of the molecule is Cc1ccc(Oc2nc3ccccc3cc2C=NCc2nc3ccccc3[nH]2)cc1. The summed E-state index contributed by atoms with van der Waals surface area (Å²) in [7, 11) is 0. The number of rotatable bonds is 5. The smallest absolute Gasteiger partial charge is 0.228 e. The number of aromatic nitrogens is 3. The molecular weight excluding hydrogens is 372 g/mol. The molecule has 0 saturated heterocycles. The Morgan fingerprint density at radius 3 is 2.50 bits per heavy atom. The maximum absolute atomic E-state index is 6.10. The minimum absolute atomic E-state index is 0.450. The Balaban J connectivity index is 1.46. The molecule has 0 aliphatic rings. The number of aromatic amines is 1. The lowest BCUT2D eigenvalue weighted by molar-refractivity contribution is 0.464. The van der Waals surface area contributed by atoms with Gasteiger partial charge in [0.2, 0.25) is 5.88 Å². The fourth-order valence-corrected chi connectivity index (χ4v) is 3.32. The highest BCUT2D eigenvalue weighted by molar-refractivity contribution is 5.90. The van der Waals surface area contributed by atoms with Gasteiger partial charge in [-0.1, -0.05) is 48.0 Å². The highest BCUT2D eigenvalue weighted by atomic mass is 16.5. The van der Waals surface area contributed by atoms with Crippen molar-refractivity contribution >= 4 is 28.2 Å². The number of aryl methyl sites for hydroxylation is 1. The second kappa shape index (κ2) is 7.79. The Kier molecular flexibility index (Phi) is 4.69. The molecular formula is C25H20N4O. The van der Waals surface area contributed by atoms with Crippen LogP contribution in [0.3, 0.4) is 0 Å². The van der Waals surface area contributed by atoms with Gasteiger partial charge in [0, 0.05) is 11.6 Å². The van der Waals surface area contributed by atoms with Crippen molar-refractivity contribution in [2.24, 2.45) is 4.99 Å². The van der Waals surface area contributed by atoms with Crippen LogP contribution in [0, 0.1) is 6.92 Å². The van der Waals surface area contributed by atoms with E-state index in [4.69, 9.17) is 9.72 Å². The average molecular weight is 392 g/mol. The van der Waals surface area contributed by atoms with Gasteiger partial charge < -0.3 is 9.72 Å². The minimum atomic E-state index is 0.450. The van der Waals surface area contributed by atoms with Crippen molar-refractivity contribution in [3.63, 3.8) is 0 Å². The number of hydrogen-bond acceptors (Lipinski definition) is 4. The van der Waals surface area contributed by atoms with Gasteiger partial charge >= 0.3 is 0 Å². The van der Waals surface area contributed by atoms with Crippen LogP contribution in [0.2, 0.25) is 0 Å². The summed E-state index contributed by atoms with van der Waals surface area (Å²) in [6.45, 7) is 2.50. The summed E-state index contributed by atoms with van der Waals surface area (Å²) in [6.07, 6.45) is 1.80. The quantitative estimate of drug-likeness (QED) is 0.383. The molecule has 5 aromatic rings. The van der Waals surface area contributed by atoms with E-state index in [1.54, 1.807) is 6.21 Å². The Bertz CT molecular complexity index is 1320. The van der Waals surface area contributed by atoms with Crippen LogP contribution in [-0.4, -0.2) is 21.2 Å². The second-order valence-electron chi connectivity index (χ2n) is 7.16. The van der Waals surface area contributed by atoms with Gasteiger partial charge in [-0.05, 0) is 43.3 Å². The molecule has 2 aromatic heterocycles. The van der Waals surface area contributed by atoms with Crippen molar-refractivity contribution in [3.8, 4) is 11.6 Å². The Hall–Kier alpha value is -3.99. The molecule has 2 heterocycles. The van der Waals surface area contributed by atoms with Gasteiger partial charge in [-0.2, -0.15) is 0 Å². The number of hydrogen-bond donors (Lipinski definition) is 1. The lowest BCUT2D eigenvalue weighted by Gasteiger charge is -2.09. The first-order chi connectivity index (χ1) is 14.7. The predicted octanol–water partition coefficient (Wildman–Crippen LogP) is 5.83. The fourth-order valence-electron chi connectivity index (χ4n) is 3.32. The molecule has 0 aliphatic heterocycles. The van der Waals surface area contributed by atoms with Crippen LogP contribution < -0.4 is 4.74 Å². The number of ether oxygens (including phenoxy) is 1. The lowest BCUT2D eigenvalue weighted by Crippen LogP contribution is -1.96. The molecule has 0 amide bonds. The molecule has 5 heteroatoms. The van der Waals surface area contributed by atoms with E-state index in [0.717, 1.165) is 39.1 Å². The number of benzene rings is 3. The first-order valence-corrected chi connectivity index (χ1v) is 9.82. The summed E-state index contributed by atoms with van der Waals surface area (Å²) in [5.74, 6) is 2.10. The number of nitrogens with one attached hydrogen (secondary N) is 1. The van der Waals surface area contributed by atoms with Crippen molar-refractivity contribution in [1.29, 1.82) is 0 Å². The normalized spacial score (nSPS) is 11.5. The Morgan fingerprint density at radius 2 is 1.67 bits per heavy atom. The highest BCUT2D eigenvalue weighted by Gasteiger charge is 2.09. The van der Waals surface area contributed by atoms with E-state index >= 15 is 0 Å². The summed E-state index contributed by atoms with van der Waals surface area (Å²) in [5.41, 5.74) is 4.85. The zero-order valence-corrected chi connectivity index (χ0v) is 16.5. The van der Waals surface area contributed by atoms with E-state index in [9.17, 15) is 0 Å². The molecule has 5 nitrogen and oxygen atoms in total. The highest BCUT2D eigenvalue weighted by Crippen LogP contribution is 2.26. The Labute approximate surface area is 174 Å². The Morgan fingerprint density at radius 1 is 0.900 bits per heavy atom. The molecule has 0 saturated carbocycles. The summed E-state index contributed by atoms with van der Waals surface area (Å²) in [4.78, 5) is 17.2. The number of nitrogens with zero attached hydrogens (tertiary/aromatic N) is 3. The molecule has 1 N–H and O–H groups in total. The van der Waals surface area contributed by atoms with E-state index in [2.05, 4.69) is 15.0 Å². The van der Waals surface area contributed by atoms with Gasteiger partial charge in [0.25, 0.3) is 0 Å². The summed E-state index contributed by atoms with van der Waals surface area (Å²) >= 11 is 0. The molecule has 5 rings (SSSR count). The third-order valence-electron chi connectivity index (χ3n) is 4.86. The molecule has 3 aromatic carbocycles. The number of fused-ring (bicyclic) bond motifs is 2. The largest absolute Gasteiger partial charge is 0.438 e. The predicted molar refractivity (Wildman–Crippen MR) is 120 cm³/mol. The van der Waals surface area contributed by atoms with Crippen LogP contribution in [0.4, 0.5) is 0 Å². The fraction of sp³-hybridized carbons (Fsp3) is 0.0800. The standard InChI is InChI=1S/C25H20N4O/c1-17-10-12-20(13-11-17)30-25-19(14-18-6-2-3-7-21(18)29-25)15-26-16-24-27-22-8-4-5-9-23(22)28-24/h2-15H,16H2,1H3,(H,27,28). The third kappa shape index (κ3) is 3.78. The first-order valence-electron chi connectivity index (χ1n) is 9.82. The monoisotopic (exact) mass is 392 g/mol. The maximum atomic E-state index is 6.10. The molecule has 0 radical (unpaired) electrons. The van der Waals surface area contributed by atoms with Crippen molar-refractivity contribution in [2.75, 3.05) is 0 Å². The molecule has 146 valence electrons. The summed E-state index contributed by atoms with van der Waals surface area (Å²) < 4.78 is 6.10. The van der Waals surface area contributed by atoms with Crippen LogP contribution in [0.5, 0.6) is 11.6 Å². The van der Waals surface area contributed by atoms with Gasteiger partial charge in [-0.15, -0.1) is 0 Å². The summed E-state index contributed by atoms with van der Waals surface area (Å²) in [5, 5.41) is 1.04. The molecule has 0 unspecified atom stereocenters. The van der Waals surface area contributed by atoms with E-state index in [-0.39, 0.29) is 0 Å². The number of imidazole rings is 1. The van der Waals surface area contributed by atoms with E-state index in [1.165, 1.54) is 5.56 Å². The van der Waals surface area contributed by atoms with Crippen molar-refractivity contribution in [1.82, 2.24) is 15.0 Å². The lowest BCUT2D eigenvalue weighted by atomic mass is 10.1. The zero-order valence-electron chi connectivity index (χ0n) is 16.5. The number of aliphatic imine (C=N–C) groups is 1. The molecule has 0 fully saturated rings. The van der Waals surface area contributed by atoms with Gasteiger partial charge in [-0.25, -0.2) is 9.97 Å². The topological polar surface area (TPSA) is 63.2 Å². The number of pyridine rings is 1. The van der Waals surface area contributed by atoms with E-state index < -0.39 is 0 Å². The third-order valence-corrected chi connectivity index (χ3v) is 4.86. The zero-order chi connectivity index (χ0) is 20.3. The number of para-hydroxylation sites is 3.